The number of hydrogen-bond donors (Lipinski definition) is 1. The van der Waals surface area contributed by atoms with Gasteiger partial charge in [-0.3, -0.25) is 0 Å². The first-order valence-corrected chi connectivity index (χ1v) is 10.7. The largest absolute Gasteiger partial charge is 0.586 e. The SMILES string of the molecule is COc1ccc(S(=O)(=O)N(Cl)c2cccc3c2OC(F)(F)O3)cc1N1CCNCC1. The molecule has 162 valence electrons. The van der Waals surface area contributed by atoms with E-state index in [4.69, 9.17) is 16.5 Å². The molecule has 2 aliphatic heterocycles. The lowest BCUT2D eigenvalue weighted by Crippen LogP contribution is -2.43. The number of nitrogens with zero attached hydrogens (tertiary/aromatic N) is 2. The van der Waals surface area contributed by atoms with Gasteiger partial charge in [-0.2, -0.15) is 12.2 Å². The van der Waals surface area contributed by atoms with Crippen molar-refractivity contribution < 1.29 is 31.4 Å². The lowest BCUT2D eigenvalue weighted by atomic mass is 10.2. The van der Waals surface area contributed by atoms with Crippen LogP contribution in [0.3, 0.4) is 0 Å². The molecule has 1 saturated heterocycles. The molecule has 1 fully saturated rings. The molecular weight excluding hydrogens is 444 g/mol. The number of hydrogen-bond acceptors (Lipinski definition) is 7. The number of nitrogens with one attached hydrogen (secondary N) is 1. The summed E-state index contributed by atoms with van der Waals surface area (Å²) in [6.45, 7) is 2.81. The van der Waals surface area contributed by atoms with E-state index in [1.165, 1.54) is 43.5 Å². The maximum absolute atomic E-state index is 13.5. The van der Waals surface area contributed by atoms with Crippen molar-refractivity contribution in [2.45, 2.75) is 11.2 Å². The standard InChI is InChI=1S/C18H18ClF2N3O5S/c1-27-15-6-5-12(11-14(15)23-9-7-22-8-10-23)30(25,26)24(19)13-3-2-4-16-17(13)29-18(20,21)28-16/h2-6,11,22H,7-10H2,1H3. The van der Waals surface area contributed by atoms with E-state index in [1.807, 2.05) is 4.90 Å². The van der Waals surface area contributed by atoms with E-state index in [9.17, 15) is 17.2 Å². The highest BCUT2D eigenvalue weighted by Crippen LogP contribution is 2.48. The molecule has 0 radical (unpaired) electrons. The molecule has 2 aliphatic rings. The van der Waals surface area contributed by atoms with Crippen LogP contribution in [-0.2, 0) is 10.0 Å². The highest BCUT2D eigenvalue weighted by atomic mass is 35.5. The molecule has 0 amide bonds. The van der Waals surface area contributed by atoms with Gasteiger partial charge in [0.05, 0.1) is 17.7 Å². The minimum Gasteiger partial charge on any atom is -0.495 e. The second-order valence-electron chi connectivity index (χ2n) is 6.56. The molecule has 2 aromatic carbocycles. The lowest BCUT2D eigenvalue weighted by Gasteiger charge is -2.31. The van der Waals surface area contributed by atoms with Gasteiger partial charge in [0.1, 0.15) is 11.4 Å². The zero-order chi connectivity index (χ0) is 21.5. The Morgan fingerprint density at radius 1 is 1.20 bits per heavy atom. The van der Waals surface area contributed by atoms with E-state index >= 15 is 0 Å². The van der Waals surface area contributed by atoms with Gasteiger partial charge in [-0.25, -0.2) is 0 Å². The fraction of sp³-hybridized carbons (Fsp3) is 0.333. The highest BCUT2D eigenvalue weighted by molar-refractivity contribution is 7.94. The maximum Gasteiger partial charge on any atom is 0.586 e. The Morgan fingerprint density at radius 2 is 1.93 bits per heavy atom. The number of anilines is 2. The van der Waals surface area contributed by atoms with Crippen LogP contribution in [0.1, 0.15) is 0 Å². The molecule has 4 rings (SSSR count). The maximum atomic E-state index is 13.5. The summed E-state index contributed by atoms with van der Waals surface area (Å²) in [6, 6.07) is 8.12. The zero-order valence-corrected chi connectivity index (χ0v) is 17.3. The Labute approximate surface area is 177 Å². The van der Waals surface area contributed by atoms with Crippen LogP contribution < -0.4 is 28.3 Å². The van der Waals surface area contributed by atoms with E-state index in [2.05, 4.69) is 14.8 Å². The predicted octanol–water partition coefficient (Wildman–Crippen LogP) is 2.78. The number of sulfonamides is 1. The molecule has 12 heteroatoms. The monoisotopic (exact) mass is 461 g/mol. The van der Waals surface area contributed by atoms with Crippen molar-refractivity contribution in [2.24, 2.45) is 0 Å². The number of fused-ring (bicyclic) bond motifs is 1. The summed E-state index contributed by atoms with van der Waals surface area (Å²) in [5.41, 5.74) is 0.306. The first-order chi connectivity index (χ1) is 14.2. The first kappa shape index (κ1) is 20.8. The predicted molar refractivity (Wildman–Crippen MR) is 106 cm³/mol. The van der Waals surface area contributed by atoms with E-state index in [-0.39, 0.29) is 16.3 Å². The molecule has 2 heterocycles. The van der Waals surface area contributed by atoms with Gasteiger partial charge in [0.25, 0.3) is 10.0 Å². The number of rotatable bonds is 5. The quantitative estimate of drug-likeness (QED) is 0.686. The fourth-order valence-corrected chi connectivity index (χ4v) is 4.76. The van der Waals surface area contributed by atoms with E-state index in [0.29, 0.717) is 28.4 Å². The van der Waals surface area contributed by atoms with Gasteiger partial charge in [-0.15, -0.1) is 8.78 Å². The molecule has 0 bridgehead atoms. The Kier molecular flexibility index (Phi) is 5.28. The molecule has 0 aromatic heterocycles. The topological polar surface area (TPSA) is 80.3 Å². The van der Waals surface area contributed by atoms with Gasteiger partial charge < -0.3 is 24.4 Å². The molecule has 0 spiro atoms. The summed E-state index contributed by atoms with van der Waals surface area (Å²) >= 11 is 6.13. The zero-order valence-electron chi connectivity index (χ0n) is 15.8. The molecule has 0 saturated carbocycles. The molecule has 0 aliphatic carbocycles. The number of benzene rings is 2. The van der Waals surface area contributed by atoms with Crippen molar-refractivity contribution in [1.29, 1.82) is 0 Å². The summed E-state index contributed by atoms with van der Waals surface area (Å²) in [6.07, 6.45) is -3.91. The molecule has 1 N–H and O–H groups in total. The van der Waals surface area contributed by atoms with Crippen LogP contribution in [0.15, 0.2) is 41.3 Å². The first-order valence-electron chi connectivity index (χ1n) is 8.96. The van der Waals surface area contributed by atoms with E-state index < -0.39 is 22.1 Å². The van der Waals surface area contributed by atoms with E-state index in [1.54, 1.807) is 0 Å². The summed E-state index contributed by atoms with van der Waals surface area (Å²) in [5, 5.41) is 3.22. The van der Waals surface area contributed by atoms with Crippen molar-refractivity contribution >= 4 is 33.2 Å². The van der Waals surface area contributed by atoms with Gasteiger partial charge in [-0.05, 0) is 30.3 Å². The van der Waals surface area contributed by atoms with Crippen LogP contribution in [0, 0.1) is 0 Å². The summed E-state index contributed by atoms with van der Waals surface area (Å²) in [7, 11) is -2.82. The van der Waals surface area contributed by atoms with Crippen molar-refractivity contribution in [1.82, 2.24) is 5.32 Å². The van der Waals surface area contributed by atoms with E-state index in [0.717, 1.165) is 13.1 Å². The highest BCUT2D eigenvalue weighted by Gasteiger charge is 2.46. The van der Waals surface area contributed by atoms with Gasteiger partial charge in [0.2, 0.25) is 0 Å². The number of methoxy groups -OCH3 is 1. The third kappa shape index (κ3) is 3.68. The van der Waals surface area contributed by atoms with Gasteiger partial charge >= 0.3 is 6.29 Å². The number of alkyl halides is 2. The van der Waals surface area contributed by atoms with Crippen molar-refractivity contribution in [3.63, 3.8) is 0 Å². The molecule has 30 heavy (non-hydrogen) atoms. The summed E-state index contributed by atoms with van der Waals surface area (Å²) < 4.78 is 67.8. The van der Waals surface area contributed by atoms with Crippen molar-refractivity contribution in [3.05, 3.63) is 36.4 Å². The van der Waals surface area contributed by atoms with Gasteiger partial charge in [0, 0.05) is 38.0 Å². The number of piperazine rings is 1. The van der Waals surface area contributed by atoms with Crippen LogP contribution in [0.2, 0.25) is 0 Å². The van der Waals surface area contributed by atoms with Crippen LogP contribution in [0.25, 0.3) is 0 Å². The summed E-state index contributed by atoms with van der Waals surface area (Å²) in [5.74, 6) is -0.263. The van der Waals surface area contributed by atoms with Crippen molar-refractivity contribution in [3.8, 4) is 17.2 Å². The van der Waals surface area contributed by atoms with Crippen LogP contribution >= 0.6 is 11.8 Å². The minimum atomic E-state index is -4.32. The molecular formula is C18H18ClF2N3O5S. The van der Waals surface area contributed by atoms with Crippen LogP contribution in [0.4, 0.5) is 20.2 Å². The third-order valence-electron chi connectivity index (χ3n) is 4.71. The minimum absolute atomic E-state index is 0.130. The number of ether oxygens (including phenoxy) is 3. The second-order valence-corrected chi connectivity index (χ2v) is 8.89. The Bertz CT molecular complexity index is 1060. The molecule has 2 aromatic rings. The average molecular weight is 462 g/mol. The Hall–Kier alpha value is -2.50. The molecule has 0 atom stereocenters. The van der Waals surface area contributed by atoms with Crippen LogP contribution in [0.5, 0.6) is 17.2 Å². The number of para-hydroxylation sites is 1. The van der Waals surface area contributed by atoms with Crippen LogP contribution in [-0.4, -0.2) is 48.0 Å². The Morgan fingerprint density at radius 3 is 2.63 bits per heavy atom. The number of halogens is 3. The Balaban J connectivity index is 1.72. The molecule has 0 unspecified atom stereocenters. The van der Waals surface area contributed by atoms with Crippen molar-refractivity contribution in [2.75, 3.05) is 42.0 Å². The lowest BCUT2D eigenvalue weighted by molar-refractivity contribution is -0.286. The normalized spacial score (nSPS) is 17.7. The van der Waals surface area contributed by atoms with Gasteiger partial charge in [-0.1, -0.05) is 6.07 Å². The molecule has 8 nitrogen and oxygen atoms in total. The third-order valence-corrected chi connectivity index (χ3v) is 6.91. The fourth-order valence-electron chi connectivity index (χ4n) is 3.30. The average Bonchev–Trinajstić information content (AvgIpc) is 3.07. The summed E-state index contributed by atoms with van der Waals surface area (Å²) in [4.78, 5) is 1.86. The smallest absolute Gasteiger partial charge is 0.495 e. The van der Waals surface area contributed by atoms with Gasteiger partial charge in [0.15, 0.2) is 11.5 Å². The second kappa shape index (κ2) is 7.64.